The monoisotopic (exact) mass is 783 g/mol. The summed E-state index contributed by atoms with van der Waals surface area (Å²) in [6, 6.07) is 9.02. The Kier molecular flexibility index (Phi) is 10.8. The Hall–Kier alpha value is -4.31. The summed E-state index contributed by atoms with van der Waals surface area (Å²) in [6.07, 6.45) is -6.55. The number of esters is 3. The maximum absolute atomic E-state index is 13.9. The van der Waals surface area contributed by atoms with Crippen LogP contribution in [0.2, 0.25) is 0 Å². The quantitative estimate of drug-likeness (QED) is 0.116. The molecule has 2 bridgehead atoms. The fraction of sp³-hybridized carbons (Fsp3) is 0.634. The molecule has 1 amide bonds. The zero-order valence-electron chi connectivity index (χ0n) is 33.0. The van der Waals surface area contributed by atoms with E-state index in [-0.39, 0.29) is 38.2 Å². The first-order valence-corrected chi connectivity index (χ1v) is 18.9. The summed E-state index contributed by atoms with van der Waals surface area (Å²) in [7, 11) is 1.09. The molecule has 2 saturated carbocycles. The van der Waals surface area contributed by atoms with E-state index >= 15 is 0 Å². The normalized spacial score (nSPS) is 36.7. The van der Waals surface area contributed by atoms with E-state index in [9.17, 15) is 39.3 Å². The molecule has 3 aliphatic carbocycles. The number of alkyl carbamates (subject to hydrolysis) is 1. The average molecular weight is 784 g/mol. The molecule has 2 saturated heterocycles. The summed E-state index contributed by atoms with van der Waals surface area (Å²) in [4.78, 5) is 66.6. The fourth-order valence-electron chi connectivity index (χ4n) is 10.5. The smallest absolute Gasteiger partial charge is 0.408 e. The van der Waals surface area contributed by atoms with Crippen LogP contribution in [0.15, 0.2) is 53.3 Å². The molecule has 2 unspecified atom stereocenters. The van der Waals surface area contributed by atoms with Crippen molar-refractivity contribution in [2.24, 2.45) is 28.6 Å². The Morgan fingerprint density at radius 3 is 2.36 bits per heavy atom. The van der Waals surface area contributed by atoms with Crippen molar-refractivity contribution >= 4 is 30.3 Å². The molecule has 306 valence electrons. The number of allylic oxidation sites excluding steroid dienone is 2. The van der Waals surface area contributed by atoms with E-state index in [1.54, 1.807) is 65.8 Å². The number of carbonyl (C=O) groups is 5. The highest BCUT2D eigenvalue weighted by atomic mass is 16.6. The number of carbonyl (C=O) groups excluding carboxylic acids is 5. The van der Waals surface area contributed by atoms with Crippen molar-refractivity contribution in [2.45, 2.75) is 115 Å². The number of methoxy groups -OCH3 is 1. The Balaban J connectivity index is 1.39. The van der Waals surface area contributed by atoms with Crippen LogP contribution in [0.5, 0.6) is 0 Å². The van der Waals surface area contributed by atoms with Gasteiger partial charge in [-0.3, -0.25) is 0 Å². The van der Waals surface area contributed by atoms with Gasteiger partial charge in [0, 0.05) is 23.8 Å². The van der Waals surface area contributed by atoms with Gasteiger partial charge < -0.3 is 53.9 Å². The molecule has 1 aromatic carbocycles. The maximum Gasteiger partial charge on any atom is 0.408 e. The van der Waals surface area contributed by atoms with E-state index < -0.39 is 99.8 Å². The van der Waals surface area contributed by atoms with Crippen LogP contribution in [0.3, 0.4) is 0 Å². The zero-order chi connectivity index (χ0) is 41.2. The fourth-order valence-corrected chi connectivity index (χ4v) is 10.5. The van der Waals surface area contributed by atoms with E-state index in [0.29, 0.717) is 17.4 Å². The van der Waals surface area contributed by atoms with Crippen LogP contribution in [0.4, 0.5) is 4.79 Å². The van der Waals surface area contributed by atoms with Gasteiger partial charge in [-0.15, -0.1) is 0 Å². The van der Waals surface area contributed by atoms with Gasteiger partial charge in [0.1, 0.15) is 48.1 Å². The molecule has 12 atom stereocenters. The summed E-state index contributed by atoms with van der Waals surface area (Å²) >= 11 is 0. The molecule has 4 N–H and O–H groups in total. The summed E-state index contributed by atoms with van der Waals surface area (Å²) in [5.74, 6) is -5.58. The van der Waals surface area contributed by atoms with Gasteiger partial charge in [-0.05, 0) is 76.9 Å². The SMILES string of the molecule is COC(=O)[C@@]12OC[C@]34C([C@@H](O)[C@@H]1O)[C@@]1(C)CC(O)C(OC[C@](C=O)(Cc5ccccc5)NC(=O)OC(C)(C)C)=C(C)[C@@H]1C[C@H]3OC(=O)[C@H](OC(=O)C=C(C)C)[C@@H]24. The first kappa shape index (κ1) is 41.3. The molecule has 15 nitrogen and oxygen atoms in total. The summed E-state index contributed by atoms with van der Waals surface area (Å²) < 4.78 is 35.0. The standard InChI is InChI=1S/C41H53NO14/c1-21(2)14-27(45)55-30-32-40-20-53-41(32,35(49)51-8)33(47)28(46)31(40)38(7)17-25(44)29(22(3)24(38)15-26(40)54-34(30)48)52-19-39(18-43,16-23-12-10-9-11-13-23)42-36(50)56-37(4,5)6/h9-14,18,24-26,28,30-33,44,46-47H,15-17,19-20H2,1-8H3,(H,42,50)/t24-,25?,26+,28+,30+,31?,32+,33-,38-,39+,40+,41-/m0/s1. The van der Waals surface area contributed by atoms with Gasteiger partial charge in [-0.1, -0.05) is 42.8 Å². The van der Waals surface area contributed by atoms with E-state index in [2.05, 4.69) is 5.32 Å². The highest BCUT2D eigenvalue weighted by Crippen LogP contribution is 2.73. The molecule has 1 aromatic rings. The molecule has 15 heteroatoms. The first-order chi connectivity index (χ1) is 26.2. The third-order valence-electron chi connectivity index (χ3n) is 12.5. The van der Waals surface area contributed by atoms with Crippen molar-refractivity contribution in [3.63, 3.8) is 0 Å². The number of aliphatic hydroxyl groups excluding tert-OH is 3. The lowest BCUT2D eigenvalue weighted by Crippen LogP contribution is -2.79. The molecule has 0 radical (unpaired) electrons. The number of amides is 1. The maximum atomic E-state index is 13.9. The summed E-state index contributed by atoms with van der Waals surface area (Å²) in [5.41, 5.74) is -5.35. The molecule has 2 heterocycles. The van der Waals surface area contributed by atoms with Gasteiger partial charge in [0.25, 0.3) is 0 Å². The van der Waals surface area contributed by atoms with Gasteiger partial charge in [0.2, 0.25) is 11.7 Å². The molecule has 56 heavy (non-hydrogen) atoms. The number of benzene rings is 1. The Morgan fingerprint density at radius 2 is 1.75 bits per heavy atom. The van der Waals surface area contributed by atoms with Crippen molar-refractivity contribution in [1.29, 1.82) is 0 Å². The van der Waals surface area contributed by atoms with Gasteiger partial charge in [0.05, 0.1) is 25.7 Å². The van der Waals surface area contributed by atoms with Crippen LogP contribution < -0.4 is 5.32 Å². The zero-order valence-corrected chi connectivity index (χ0v) is 33.0. The number of hydrogen-bond donors (Lipinski definition) is 4. The molecule has 1 spiro atoms. The third-order valence-corrected chi connectivity index (χ3v) is 12.5. The van der Waals surface area contributed by atoms with E-state index in [1.807, 2.05) is 13.0 Å². The van der Waals surface area contributed by atoms with Gasteiger partial charge in [0.15, 0.2) is 0 Å². The van der Waals surface area contributed by atoms with Crippen LogP contribution in [0, 0.1) is 28.6 Å². The predicted molar refractivity (Wildman–Crippen MR) is 195 cm³/mol. The third kappa shape index (κ3) is 6.59. The topological polar surface area (TPSA) is 213 Å². The van der Waals surface area contributed by atoms with Crippen LogP contribution in [0.25, 0.3) is 0 Å². The Labute approximate surface area is 325 Å². The molecular formula is C41H53NO14. The summed E-state index contributed by atoms with van der Waals surface area (Å²) in [6.45, 7) is 11.4. The summed E-state index contributed by atoms with van der Waals surface area (Å²) in [5, 5.41) is 38.7. The number of rotatable bonds is 10. The van der Waals surface area contributed by atoms with Gasteiger partial charge in [-0.2, -0.15) is 0 Å². The lowest BCUT2D eigenvalue weighted by atomic mass is 9.38. The van der Waals surface area contributed by atoms with Gasteiger partial charge >= 0.3 is 24.0 Å². The van der Waals surface area contributed by atoms with E-state index in [4.69, 9.17) is 28.4 Å². The number of ether oxygens (including phenoxy) is 6. The largest absolute Gasteiger partial charge is 0.492 e. The number of aldehydes is 1. The van der Waals surface area contributed by atoms with Crippen LogP contribution in [0.1, 0.15) is 66.9 Å². The molecule has 6 rings (SSSR count). The van der Waals surface area contributed by atoms with Crippen molar-refractivity contribution in [3.05, 3.63) is 58.9 Å². The number of aliphatic hydroxyl groups is 3. The Bertz CT molecular complexity index is 1820. The van der Waals surface area contributed by atoms with Crippen LogP contribution in [-0.4, -0.2) is 113 Å². The van der Waals surface area contributed by atoms with Crippen LogP contribution >= 0.6 is 0 Å². The molecule has 0 aromatic heterocycles. The highest BCUT2D eigenvalue weighted by Gasteiger charge is 2.85. The van der Waals surface area contributed by atoms with E-state index in [1.165, 1.54) is 6.08 Å². The minimum absolute atomic E-state index is 0.0341. The Morgan fingerprint density at radius 1 is 1.07 bits per heavy atom. The van der Waals surface area contributed by atoms with Crippen molar-refractivity contribution < 1.29 is 67.7 Å². The van der Waals surface area contributed by atoms with Crippen molar-refractivity contribution in [3.8, 4) is 0 Å². The second kappa shape index (κ2) is 14.6. The molecular weight excluding hydrogens is 730 g/mol. The molecule has 2 aliphatic heterocycles. The minimum Gasteiger partial charge on any atom is -0.492 e. The number of hydrogen-bond acceptors (Lipinski definition) is 14. The molecule has 5 aliphatic rings. The lowest BCUT2D eigenvalue weighted by Gasteiger charge is -2.67. The first-order valence-electron chi connectivity index (χ1n) is 18.9. The van der Waals surface area contributed by atoms with E-state index in [0.717, 1.165) is 12.7 Å². The average Bonchev–Trinajstić information content (AvgIpc) is 3.41. The second-order valence-corrected chi connectivity index (χ2v) is 17.5. The van der Waals surface area contributed by atoms with Gasteiger partial charge in [-0.25, -0.2) is 19.2 Å². The number of nitrogens with one attached hydrogen (secondary N) is 1. The van der Waals surface area contributed by atoms with Crippen LogP contribution in [-0.2, 0) is 54.0 Å². The van der Waals surface area contributed by atoms with Crippen molar-refractivity contribution in [1.82, 2.24) is 5.32 Å². The number of fused-ring (bicyclic) bond motifs is 2. The predicted octanol–water partition coefficient (Wildman–Crippen LogP) is 2.47. The lowest BCUT2D eigenvalue weighted by molar-refractivity contribution is -0.293. The highest BCUT2D eigenvalue weighted by molar-refractivity contribution is 5.89. The second-order valence-electron chi connectivity index (χ2n) is 17.5. The molecule has 4 fully saturated rings. The van der Waals surface area contributed by atoms with Crippen molar-refractivity contribution in [2.75, 3.05) is 20.3 Å². The minimum atomic E-state index is -2.29.